The number of hydrogen-bond acceptors (Lipinski definition) is 0. The third-order valence-corrected chi connectivity index (χ3v) is 4.13. The maximum Gasteiger partial charge on any atom is -0.0256 e. The highest BCUT2D eigenvalue weighted by Crippen LogP contribution is 2.10. The zero-order valence-corrected chi connectivity index (χ0v) is 15.9. The van der Waals surface area contributed by atoms with Crippen molar-refractivity contribution in [2.75, 3.05) is 0 Å². The molecule has 3 aromatic carbocycles. The van der Waals surface area contributed by atoms with Crippen LogP contribution in [0.3, 0.4) is 0 Å². The van der Waals surface area contributed by atoms with Crippen LogP contribution in [0.25, 0.3) is 18.2 Å². The van der Waals surface area contributed by atoms with Crippen LogP contribution in [0.15, 0.2) is 133 Å². The van der Waals surface area contributed by atoms with Crippen molar-refractivity contribution in [3.05, 3.63) is 150 Å². The van der Waals surface area contributed by atoms with Gasteiger partial charge in [0.15, 0.2) is 0 Å². The maximum absolute atomic E-state index is 2.14. The molecule has 3 aromatic rings. The average Bonchev–Trinajstić information content (AvgIpc) is 2.77. The molecule has 0 aliphatic heterocycles. The van der Waals surface area contributed by atoms with Gasteiger partial charge in [-0.1, -0.05) is 146 Å². The molecular formula is C28H24. The Morgan fingerprint density at radius 1 is 0.429 bits per heavy atom. The normalized spacial score (nSPS) is 11.7. The van der Waals surface area contributed by atoms with Crippen molar-refractivity contribution >= 4 is 18.2 Å². The summed E-state index contributed by atoms with van der Waals surface area (Å²) < 4.78 is 0. The van der Waals surface area contributed by atoms with Gasteiger partial charge in [0.1, 0.15) is 0 Å². The Hall–Kier alpha value is -3.64. The first-order chi connectivity index (χ1) is 13.9. The zero-order valence-electron chi connectivity index (χ0n) is 15.9. The molecule has 0 spiro atoms. The molecule has 0 aliphatic rings. The molecule has 28 heavy (non-hydrogen) atoms. The van der Waals surface area contributed by atoms with Crippen molar-refractivity contribution in [2.24, 2.45) is 0 Å². The van der Waals surface area contributed by atoms with Gasteiger partial charge in [0.2, 0.25) is 0 Å². The lowest BCUT2D eigenvalue weighted by molar-refractivity contribution is 1.63. The fourth-order valence-electron chi connectivity index (χ4n) is 2.64. The molecule has 136 valence electrons. The summed E-state index contributed by atoms with van der Waals surface area (Å²) in [5, 5.41) is 0. The predicted octanol–water partition coefficient (Wildman–Crippen LogP) is 7.61. The monoisotopic (exact) mass is 360 g/mol. The Labute approximate surface area is 168 Å². The number of benzene rings is 3. The average molecular weight is 361 g/mol. The van der Waals surface area contributed by atoms with Gasteiger partial charge in [-0.05, 0) is 22.3 Å². The van der Waals surface area contributed by atoms with Crippen LogP contribution in [0.1, 0.15) is 16.7 Å². The third-order valence-electron chi connectivity index (χ3n) is 4.13. The number of hydrogen-bond donors (Lipinski definition) is 0. The van der Waals surface area contributed by atoms with Crippen LogP contribution in [-0.4, -0.2) is 0 Å². The largest absolute Gasteiger partial charge is 0.0622 e. The van der Waals surface area contributed by atoms with E-state index in [-0.39, 0.29) is 0 Å². The molecule has 0 radical (unpaired) electrons. The van der Waals surface area contributed by atoms with Gasteiger partial charge >= 0.3 is 0 Å². The molecule has 3 rings (SSSR count). The molecule has 0 atom stereocenters. The van der Waals surface area contributed by atoms with E-state index in [1.54, 1.807) is 0 Å². The first kappa shape index (κ1) is 19.1. The van der Waals surface area contributed by atoms with Crippen molar-refractivity contribution in [1.29, 1.82) is 0 Å². The Bertz CT molecular complexity index is 918. The van der Waals surface area contributed by atoms with Gasteiger partial charge in [-0.2, -0.15) is 0 Å². The maximum atomic E-state index is 2.14. The van der Waals surface area contributed by atoms with Crippen LogP contribution < -0.4 is 0 Å². The fourth-order valence-corrected chi connectivity index (χ4v) is 2.64. The Morgan fingerprint density at radius 3 is 1.32 bits per heavy atom. The van der Waals surface area contributed by atoms with Gasteiger partial charge in [-0.15, -0.1) is 0 Å². The molecular weight excluding hydrogens is 336 g/mol. The minimum absolute atomic E-state index is 1.14. The molecule has 0 heterocycles. The molecule has 0 fully saturated rings. The second kappa shape index (κ2) is 11.2. The van der Waals surface area contributed by atoms with Crippen LogP contribution in [0.4, 0.5) is 0 Å². The SMILES string of the molecule is C(=CC=C(C=Cc1ccccc1)C=Cc1ccccc1)C=Cc1ccccc1. The van der Waals surface area contributed by atoms with Crippen LogP contribution in [-0.2, 0) is 0 Å². The van der Waals surface area contributed by atoms with Gasteiger partial charge < -0.3 is 0 Å². The van der Waals surface area contributed by atoms with E-state index in [4.69, 9.17) is 0 Å². The minimum Gasteiger partial charge on any atom is -0.0622 e. The molecule has 0 heteroatoms. The van der Waals surface area contributed by atoms with E-state index in [9.17, 15) is 0 Å². The highest BCUT2D eigenvalue weighted by atomic mass is 13.9. The molecule has 0 saturated heterocycles. The zero-order chi connectivity index (χ0) is 19.3. The Kier molecular flexibility index (Phi) is 7.62. The summed E-state index contributed by atoms with van der Waals surface area (Å²) in [4.78, 5) is 0. The van der Waals surface area contributed by atoms with Crippen molar-refractivity contribution in [2.45, 2.75) is 0 Å². The Morgan fingerprint density at radius 2 is 0.857 bits per heavy atom. The summed E-state index contributed by atoms with van der Waals surface area (Å²) in [5.41, 5.74) is 4.71. The van der Waals surface area contributed by atoms with Gasteiger partial charge in [-0.25, -0.2) is 0 Å². The lowest BCUT2D eigenvalue weighted by Crippen LogP contribution is -1.74. The quantitative estimate of drug-likeness (QED) is 0.380. The summed E-state index contributed by atoms with van der Waals surface area (Å²) in [7, 11) is 0. The van der Waals surface area contributed by atoms with Gasteiger partial charge in [0, 0.05) is 0 Å². The summed E-state index contributed by atoms with van der Waals surface area (Å²) in [6, 6.07) is 31.0. The molecule has 0 bridgehead atoms. The van der Waals surface area contributed by atoms with E-state index in [1.807, 2.05) is 30.3 Å². The first-order valence-electron chi connectivity index (χ1n) is 9.46. The third kappa shape index (κ3) is 6.93. The smallest absolute Gasteiger partial charge is 0.0256 e. The standard InChI is InChI=1S/C28H24/c1-5-13-25(14-6-1)15-7-2-12-20-28(23-21-26-16-8-3-9-17-26)24-22-27-18-10-4-11-19-27/h1-24H. The number of rotatable bonds is 7. The van der Waals surface area contributed by atoms with Crippen molar-refractivity contribution in [1.82, 2.24) is 0 Å². The molecule has 0 N–H and O–H groups in total. The van der Waals surface area contributed by atoms with Crippen LogP contribution >= 0.6 is 0 Å². The van der Waals surface area contributed by atoms with Crippen LogP contribution in [0, 0.1) is 0 Å². The van der Waals surface area contributed by atoms with Crippen molar-refractivity contribution < 1.29 is 0 Å². The van der Waals surface area contributed by atoms with Crippen molar-refractivity contribution in [3.8, 4) is 0 Å². The summed E-state index contributed by atoms with van der Waals surface area (Å²) in [6.45, 7) is 0. The molecule has 0 unspecified atom stereocenters. The minimum atomic E-state index is 1.14. The van der Waals surface area contributed by atoms with E-state index < -0.39 is 0 Å². The van der Waals surface area contributed by atoms with E-state index in [2.05, 4.69) is 115 Å². The van der Waals surface area contributed by atoms with Gasteiger partial charge in [-0.3, -0.25) is 0 Å². The van der Waals surface area contributed by atoms with Crippen LogP contribution in [0.2, 0.25) is 0 Å². The molecule has 0 aliphatic carbocycles. The molecule has 0 nitrogen and oxygen atoms in total. The second-order valence-electron chi connectivity index (χ2n) is 6.31. The lowest BCUT2D eigenvalue weighted by Gasteiger charge is -1.96. The molecule has 0 saturated carbocycles. The second-order valence-corrected chi connectivity index (χ2v) is 6.31. The molecule has 0 amide bonds. The van der Waals surface area contributed by atoms with Gasteiger partial charge in [0.05, 0.1) is 0 Å². The summed E-state index contributed by atoms with van der Waals surface area (Å²) in [6.07, 6.45) is 19.0. The first-order valence-corrected chi connectivity index (χ1v) is 9.46. The summed E-state index contributed by atoms with van der Waals surface area (Å²) >= 11 is 0. The topological polar surface area (TPSA) is 0 Å². The lowest BCUT2D eigenvalue weighted by atomic mass is 10.1. The highest BCUT2D eigenvalue weighted by Gasteiger charge is 1.89. The predicted molar refractivity (Wildman–Crippen MR) is 124 cm³/mol. The summed E-state index contributed by atoms with van der Waals surface area (Å²) in [5.74, 6) is 0. The Balaban J connectivity index is 1.73. The number of allylic oxidation sites excluding steroid dienone is 7. The van der Waals surface area contributed by atoms with Crippen molar-refractivity contribution in [3.63, 3.8) is 0 Å². The molecule has 0 aromatic heterocycles. The fraction of sp³-hybridized carbons (Fsp3) is 0. The van der Waals surface area contributed by atoms with E-state index in [0.717, 1.165) is 5.57 Å². The van der Waals surface area contributed by atoms with E-state index in [0.29, 0.717) is 0 Å². The highest BCUT2D eigenvalue weighted by molar-refractivity contribution is 5.60. The van der Waals surface area contributed by atoms with E-state index in [1.165, 1.54) is 16.7 Å². The van der Waals surface area contributed by atoms with E-state index >= 15 is 0 Å². The van der Waals surface area contributed by atoms with Gasteiger partial charge in [0.25, 0.3) is 0 Å². The van der Waals surface area contributed by atoms with Crippen LogP contribution in [0.5, 0.6) is 0 Å².